The molecule has 0 aromatic rings. The van der Waals surface area contributed by atoms with E-state index < -0.39 is 0 Å². The minimum absolute atomic E-state index is 0.175. The molecule has 4 fully saturated rings. The third-order valence-electron chi connectivity index (χ3n) is 10.6. The van der Waals surface area contributed by atoms with Gasteiger partial charge in [0.1, 0.15) is 0 Å². The Balaban J connectivity index is 1.35. The summed E-state index contributed by atoms with van der Waals surface area (Å²) >= 11 is 0. The molecule has 0 radical (unpaired) electrons. The highest BCUT2D eigenvalue weighted by atomic mass is 16.3. The van der Waals surface area contributed by atoms with Gasteiger partial charge in [-0.3, -0.25) is 0 Å². The zero-order valence-corrected chi connectivity index (χ0v) is 18.7. The Kier molecular flexibility index (Phi) is 4.66. The summed E-state index contributed by atoms with van der Waals surface area (Å²) < 4.78 is 0. The van der Waals surface area contributed by atoms with E-state index in [0.29, 0.717) is 10.8 Å². The molecule has 0 aromatic heterocycles. The first-order valence-corrected chi connectivity index (χ1v) is 12.4. The third kappa shape index (κ3) is 2.90. The van der Waals surface area contributed by atoms with Crippen molar-refractivity contribution in [1.82, 2.24) is 0 Å². The van der Waals surface area contributed by atoms with Crippen LogP contribution in [0.25, 0.3) is 0 Å². The summed E-state index contributed by atoms with van der Waals surface area (Å²) in [5, 5.41) is 10.2. The zero-order chi connectivity index (χ0) is 19.7. The molecule has 10 atom stereocenters. The Bertz CT molecular complexity index is 676. The quantitative estimate of drug-likeness (QED) is 0.534. The second kappa shape index (κ2) is 6.73. The van der Waals surface area contributed by atoms with Gasteiger partial charge in [0, 0.05) is 0 Å². The predicted molar refractivity (Wildman–Crippen MR) is 117 cm³/mol. The molecule has 1 heteroatoms. The van der Waals surface area contributed by atoms with Crippen LogP contribution in [-0.4, -0.2) is 11.2 Å². The van der Waals surface area contributed by atoms with Gasteiger partial charge in [-0.2, -0.15) is 0 Å². The molecule has 0 aliphatic heterocycles. The molecule has 0 heterocycles. The minimum atomic E-state index is -0.175. The number of rotatable bonds is 3. The number of allylic oxidation sites excluding steroid dienone is 3. The lowest BCUT2D eigenvalue weighted by atomic mass is 9.46. The van der Waals surface area contributed by atoms with Crippen LogP contribution in [0, 0.1) is 52.3 Å². The topological polar surface area (TPSA) is 20.2 Å². The largest absolute Gasteiger partial charge is 0.389 e. The van der Waals surface area contributed by atoms with Gasteiger partial charge in [0.2, 0.25) is 0 Å². The second-order valence-corrected chi connectivity index (χ2v) is 12.0. The Morgan fingerprint density at radius 2 is 1.86 bits per heavy atom. The number of aliphatic hydroxyl groups excluding tert-OH is 1. The van der Waals surface area contributed by atoms with Gasteiger partial charge < -0.3 is 5.11 Å². The fourth-order valence-corrected chi connectivity index (χ4v) is 8.69. The summed E-state index contributed by atoms with van der Waals surface area (Å²) in [5.74, 6) is 6.20. The van der Waals surface area contributed by atoms with E-state index in [1.807, 2.05) is 0 Å². The maximum atomic E-state index is 10.2. The third-order valence-corrected chi connectivity index (χ3v) is 10.6. The van der Waals surface area contributed by atoms with Crippen molar-refractivity contribution < 1.29 is 5.11 Å². The summed E-state index contributed by atoms with van der Waals surface area (Å²) in [7, 11) is 0. The number of fused-ring (bicyclic) bond motifs is 5. The smallest absolute Gasteiger partial charge is 0.0724 e. The molecular weight excluding hydrogens is 340 g/mol. The van der Waals surface area contributed by atoms with Crippen LogP contribution in [0.5, 0.6) is 0 Å². The van der Waals surface area contributed by atoms with Crippen molar-refractivity contribution in [2.45, 2.75) is 91.6 Å². The monoisotopic (exact) mass is 382 g/mol. The lowest BCUT2D eigenvalue weighted by molar-refractivity contribution is -0.0595. The van der Waals surface area contributed by atoms with Gasteiger partial charge >= 0.3 is 0 Å². The van der Waals surface area contributed by atoms with E-state index in [4.69, 9.17) is 0 Å². The van der Waals surface area contributed by atoms with E-state index in [-0.39, 0.29) is 6.10 Å². The lowest BCUT2D eigenvalue weighted by Crippen LogP contribution is -2.51. The molecule has 5 rings (SSSR count). The van der Waals surface area contributed by atoms with Gasteiger partial charge in [-0.25, -0.2) is 0 Å². The predicted octanol–water partition coefficient (Wildman–Crippen LogP) is 6.77. The van der Waals surface area contributed by atoms with Gasteiger partial charge in [0.15, 0.2) is 0 Å². The van der Waals surface area contributed by atoms with Crippen molar-refractivity contribution in [1.29, 1.82) is 0 Å². The fraction of sp³-hybridized carbons (Fsp3) is 0.852. The van der Waals surface area contributed by atoms with E-state index >= 15 is 0 Å². The molecule has 0 bridgehead atoms. The second-order valence-electron chi connectivity index (χ2n) is 12.0. The van der Waals surface area contributed by atoms with Crippen LogP contribution in [0.4, 0.5) is 0 Å². The zero-order valence-electron chi connectivity index (χ0n) is 18.7. The van der Waals surface area contributed by atoms with Gasteiger partial charge in [0.05, 0.1) is 6.10 Å². The van der Waals surface area contributed by atoms with Gasteiger partial charge in [-0.05, 0) is 110 Å². The summed E-state index contributed by atoms with van der Waals surface area (Å²) in [6.45, 7) is 10.1. The SMILES string of the molecule is C[C@H](/C=C/[C@H]1C[C@@H]1C)[C@H]1CC[C@H]2[C@@H]3CCC4=C[C@@H](O)CC[C@]4(C)[C@H]3CC[C@]12C. The molecule has 5 aliphatic carbocycles. The van der Waals surface area contributed by atoms with Crippen LogP contribution in [0.1, 0.15) is 85.5 Å². The fourth-order valence-electron chi connectivity index (χ4n) is 8.69. The normalized spacial score (nSPS) is 53.9. The standard InChI is InChI=1S/C27H42O/c1-17(5-6-19-15-18(19)2)23-9-10-24-22-8-7-20-16-21(28)11-13-26(20,3)25(22)12-14-27(23,24)4/h5-6,16-19,21-25,28H,7-15H2,1-4H3/b6-5+/t17-,18+,19+,21+,22+,23-,24+,25+,26+,27-/m1/s1. The van der Waals surface area contributed by atoms with Crippen molar-refractivity contribution in [3.05, 3.63) is 23.8 Å². The maximum Gasteiger partial charge on any atom is 0.0724 e. The van der Waals surface area contributed by atoms with Gasteiger partial charge in [0.25, 0.3) is 0 Å². The number of hydrogen-bond donors (Lipinski definition) is 1. The summed E-state index contributed by atoms with van der Waals surface area (Å²) in [6, 6.07) is 0. The first kappa shape index (κ1) is 19.4. The van der Waals surface area contributed by atoms with Crippen molar-refractivity contribution in [2.24, 2.45) is 52.3 Å². The Morgan fingerprint density at radius 1 is 1.07 bits per heavy atom. The summed E-state index contributed by atoms with van der Waals surface area (Å²) in [4.78, 5) is 0. The van der Waals surface area contributed by atoms with Crippen LogP contribution >= 0.6 is 0 Å². The van der Waals surface area contributed by atoms with E-state index in [9.17, 15) is 5.11 Å². The maximum absolute atomic E-state index is 10.2. The highest BCUT2D eigenvalue weighted by molar-refractivity contribution is 5.25. The molecule has 1 nitrogen and oxygen atoms in total. The Labute approximate surface area is 173 Å². The molecule has 0 aromatic carbocycles. The van der Waals surface area contributed by atoms with Crippen LogP contribution in [0.3, 0.4) is 0 Å². The van der Waals surface area contributed by atoms with Gasteiger partial charge in [-0.1, -0.05) is 51.5 Å². The first-order valence-electron chi connectivity index (χ1n) is 12.4. The number of hydrogen-bond acceptors (Lipinski definition) is 1. The molecule has 5 aliphatic rings. The van der Waals surface area contributed by atoms with E-state index in [1.165, 1.54) is 51.4 Å². The molecule has 28 heavy (non-hydrogen) atoms. The summed E-state index contributed by atoms with van der Waals surface area (Å²) in [5.41, 5.74) is 2.56. The van der Waals surface area contributed by atoms with Crippen LogP contribution < -0.4 is 0 Å². The molecule has 1 N–H and O–H groups in total. The summed E-state index contributed by atoms with van der Waals surface area (Å²) in [6.07, 6.45) is 19.3. The van der Waals surface area contributed by atoms with Crippen molar-refractivity contribution >= 4 is 0 Å². The van der Waals surface area contributed by atoms with Crippen LogP contribution in [-0.2, 0) is 0 Å². The van der Waals surface area contributed by atoms with Crippen LogP contribution in [0.15, 0.2) is 23.8 Å². The van der Waals surface area contributed by atoms with Crippen molar-refractivity contribution in [2.75, 3.05) is 0 Å². The van der Waals surface area contributed by atoms with Gasteiger partial charge in [-0.15, -0.1) is 0 Å². The first-order chi connectivity index (χ1) is 13.3. The molecule has 0 amide bonds. The lowest BCUT2D eigenvalue weighted by Gasteiger charge is -2.59. The van der Waals surface area contributed by atoms with Crippen molar-refractivity contribution in [3.63, 3.8) is 0 Å². The molecule has 0 spiro atoms. The van der Waals surface area contributed by atoms with E-state index in [2.05, 4.69) is 45.9 Å². The Hall–Kier alpha value is -0.560. The Morgan fingerprint density at radius 3 is 2.61 bits per heavy atom. The molecule has 0 saturated heterocycles. The molecular formula is C27H42O. The van der Waals surface area contributed by atoms with E-state index in [1.54, 1.807) is 5.57 Å². The average molecular weight is 383 g/mol. The molecule has 4 saturated carbocycles. The average Bonchev–Trinajstić information content (AvgIpc) is 3.25. The highest BCUT2D eigenvalue weighted by Gasteiger charge is 2.59. The molecule has 0 unspecified atom stereocenters. The van der Waals surface area contributed by atoms with E-state index in [0.717, 1.165) is 47.8 Å². The highest BCUT2D eigenvalue weighted by Crippen LogP contribution is 2.67. The van der Waals surface area contributed by atoms with Crippen molar-refractivity contribution in [3.8, 4) is 0 Å². The van der Waals surface area contributed by atoms with Crippen LogP contribution in [0.2, 0.25) is 0 Å². The molecule has 156 valence electrons. The number of aliphatic hydroxyl groups is 1. The minimum Gasteiger partial charge on any atom is -0.389 e.